The molecule has 4 heteroatoms. The molecule has 2 atom stereocenters. The third-order valence-corrected chi connectivity index (χ3v) is 1.77. The van der Waals surface area contributed by atoms with Gasteiger partial charge in [0.1, 0.15) is 12.3 Å². The first-order valence-corrected chi connectivity index (χ1v) is 3.77. The van der Waals surface area contributed by atoms with Crippen LogP contribution in [-0.4, -0.2) is 30.8 Å². The van der Waals surface area contributed by atoms with Gasteiger partial charge in [-0.2, -0.15) is 0 Å². The van der Waals surface area contributed by atoms with Gasteiger partial charge in [0.05, 0.1) is 6.54 Å². The fraction of sp³-hybridized carbons (Fsp3) is 0.714. The van der Waals surface area contributed by atoms with Crippen molar-refractivity contribution in [2.24, 2.45) is 0 Å². The van der Waals surface area contributed by atoms with Crippen molar-refractivity contribution >= 4 is 12.2 Å². The molecule has 1 heterocycles. The zero-order valence-corrected chi connectivity index (χ0v) is 6.46. The van der Waals surface area contributed by atoms with E-state index in [0.29, 0.717) is 12.3 Å². The van der Waals surface area contributed by atoms with Crippen LogP contribution >= 0.6 is 0 Å². The van der Waals surface area contributed by atoms with Crippen LogP contribution in [0.15, 0.2) is 0 Å². The number of hydrogen-bond acceptors (Lipinski definition) is 3. The summed E-state index contributed by atoms with van der Waals surface area (Å²) in [5.74, 6) is -0.0658. The Morgan fingerprint density at radius 1 is 1.73 bits per heavy atom. The largest absolute Gasteiger partial charge is 0.348 e. The molecule has 1 unspecified atom stereocenters. The van der Waals surface area contributed by atoms with Crippen LogP contribution in [0.5, 0.6) is 0 Å². The van der Waals surface area contributed by atoms with Crippen LogP contribution in [0.3, 0.4) is 0 Å². The summed E-state index contributed by atoms with van der Waals surface area (Å²) in [6.07, 6.45) is 1.64. The van der Waals surface area contributed by atoms with Gasteiger partial charge in [-0.05, 0) is 6.42 Å². The Morgan fingerprint density at radius 2 is 2.45 bits per heavy atom. The van der Waals surface area contributed by atoms with E-state index < -0.39 is 0 Å². The normalized spacial score (nSPS) is 27.7. The summed E-state index contributed by atoms with van der Waals surface area (Å²) in [6.45, 7) is 2.14. The molecule has 0 saturated carbocycles. The fourth-order valence-electron chi connectivity index (χ4n) is 1.04. The lowest BCUT2D eigenvalue weighted by atomic mass is 10.2. The third-order valence-electron chi connectivity index (χ3n) is 1.77. The lowest BCUT2D eigenvalue weighted by Gasteiger charge is -1.96. The molecule has 1 aliphatic heterocycles. The topological polar surface area (TPSA) is 68.1 Å². The van der Waals surface area contributed by atoms with Crippen molar-refractivity contribution in [3.05, 3.63) is 0 Å². The third kappa shape index (κ3) is 2.01. The van der Waals surface area contributed by atoms with Gasteiger partial charge in [0, 0.05) is 6.04 Å². The zero-order valence-electron chi connectivity index (χ0n) is 6.46. The number of aldehydes is 1. The van der Waals surface area contributed by atoms with Crippen LogP contribution in [0.2, 0.25) is 0 Å². The fourth-order valence-corrected chi connectivity index (χ4v) is 1.04. The monoisotopic (exact) mass is 156 g/mol. The number of amides is 1. The summed E-state index contributed by atoms with van der Waals surface area (Å²) < 4.78 is 0. The maximum absolute atomic E-state index is 11.0. The smallest absolute Gasteiger partial charge is 0.239 e. The molecule has 11 heavy (non-hydrogen) atoms. The molecule has 4 nitrogen and oxygen atoms in total. The molecule has 0 aromatic heterocycles. The second-order valence-corrected chi connectivity index (χ2v) is 2.57. The van der Waals surface area contributed by atoms with E-state index >= 15 is 0 Å². The van der Waals surface area contributed by atoms with E-state index in [9.17, 15) is 9.59 Å². The van der Waals surface area contributed by atoms with Gasteiger partial charge in [-0.25, -0.2) is 0 Å². The van der Waals surface area contributed by atoms with E-state index in [1.165, 1.54) is 0 Å². The molecule has 0 aromatic rings. The number of hydrogen-bond donors (Lipinski definition) is 2. The maximum Gasteiger partial charge on any atom is 0.239 e. The van der Waals surface area contributed by atoms with Crippen LogP contribution in [0.1, 0.15) is 13.3 Å². The molecular weight excluding hydrogens is 144 g/mol. The molecule has 0 radical (unpaired) electrons. The Kier molecular flexibility index (Phi) is 2.59. The average Bonchev–Trinajstić information content (AvgIpc) is 2.78. The molecule has 1 rings (SSSR count). The molecule has 0 bridgehead atoms. The lowest BCUT2D eigenvalue weighted by Crippen LogP contribution is -2.31. The van der Waals surface area contributed by atoms with Gasteiger partial charge in [-0.3, -0.25) is 10.1 Å². The molecule has 1 aliphatic rings. The highest BCUT2D eigenvalue weighted by atomic mass is 16.2. The predicted octanol–water partition coefficient (Wildman–Crippen LogP) is -0.948. The van der Waals surface area contributed by atoms with Crippen LogP contribution in [0.4, 0.5) is 0 Å². The number of rotatable bonds is 4. The zero-order chi connectivity index (χ0) is 8.27. The molecule has 0 aromatic carbocycles. The van der Waals surface area contributed by atoms with Crippen LogP contribution in [-0.2, 0) is 9.59 Å². The number of carbonyl (C=O) groups excluding carboxylic acids is 2. The van der Waals surface area contributed by atoms with Gasteiger partial charge >= 0.3 is 0 Å². The first-order valence-electron chi connectivity index (χ1n) is 3.77. The molecule has 1 amide bonds. The summed E-state index contributed by atoms with van der Waals surface area (Å²) in [5.41, 5.74) is 0. The first kappa shape index (κ1) is 8.20. The van der Waals surface area contributed by atoms with Gasteiger partial charge in [-0.1, -0.05) is 6.92 Å². The highest BCUT2D eigenvalue weighted by Crippen LogP contribution is 2.13. The van der Waals surface area contributed by atoms with Crippen molar-refractivity contribution in [2.75, 3.05) is 6.54 Å². The van der Waals surface area contributed by atoms with Crippen molar-refractivity contribution < 1.29 is 9.59 Å². The average molecular weight is 156 g/mol. The van der Waals surface area contributed by atoms with E-state index in [1.807, 2.05) is 6.92 Å². The summed E-state index contributed by atoms with van der Waals surface area (Å²) in [5, 5.41) is 5.49. The Bertz CT molecular complexity index is 170. The van der Waals surface area contributed by atoms with E-state index in [2.05, 4.69) is 10.6 Å². The van der Waals surface area contributed by atoms with Crippen molar-refractivity contribution in [3.8, 4) is 0 Å². The minimum Gasteiger partial charge on any atom is -0.348 e. The van der Waals surface area contributed by atoms with Gasteiger partial charge in [-0.15, -0.1) is 0 Å². The maximum atomic E-state index is 11.0. The Labute approximate surface area is 65.3 Å². The van der Waals surface area contributed by atoms with Crippen LogP contribution in [0.25, 0.3) is 0 Å². The Morgan fingerprint density at radius 3 is 2.91 bits per heavy atom. The summed E-state index contributed by atoms with van der Waals surface area (Å²) in [7, 11) is 0. The second kappa shape index (κ2) is 3.48. The van der Waals surface area contributed by atoms with E-state index in [0.717, 1.165) is 6.42 Å². The molecular formula is C7H12N2O2. The predicted molar refractivity (Wildman–Crippen MR) is 40.1 cm³/mol. The van der Waals surface area contributed by atoms with Crippen LogP contribution in [0, 0.1) is 0 Å². The summed E-state index contributed by atoms with van der Waals surface area (Å²) in [4.78, 5) is 20.9. The van der Waals surface area contributed by atoms with Crippen molar-refractivity contribution in [2.45, 2.75) is 25.4 Å². The molecule has 1 saturated heterocycles. The highest BCUT2D eigenvalue weighted by molar-refractivity contribution is 5.86. The van der Waals surface area contributed by atoms with Gasteiger partial charge in [0.25, 0.3) is 0 Å². The second-order valence-electron chi connectivity index (χ2n) is 2.57. The van der Waals surface area contributed by atoms with Gasteiger partial charge in [0.2, 0.25) is 5.91 Å². The molecule has 2 N–H and O–H groups in total. The SMILES string of the molecule is CCC1N[C@@H]1C(=O)NCC=O. The van der Waals surface area contributed by atoms with Crippen LogP contribution < -0.4 is 10.6 Å². The van der Waals surface area contributed by atoms with Crippen molar-refractivity contribution in [1.82, 2.24) is 10.6 Å². The van der Waals surface area contributed by atoms with Crippen molar-refractivity contribution in [3.63, 3.8) is 0 Å². The lowest BCUT2D eigenvalue weighted by molar-refractivity contribution is -0.122. The minimum absolute atomic E-state index is 0.0556. The molecule has 62 valence electrons. The van der Waals surface area contributed by atoms with E-state index in [-0.39, 0.29) is 18.5 Å². The summed E-state index contributed by atoms with van der Waals surface area (Å²) >= 11 is 0. The molecule has 0 aliphatic carbocycles. The number of carbonyl (C=O) groups is 2. The van der Waals surface area contributed by atoms with Gasteiger partial charge < -0.3 is 10.1 Å². The van der Waals surface area contributed by atoms with Crippen molar-refractivity contribution in [1.29, 1.82) is 0 Å². The molecule has 0 spiro atoms. The quantitative estimate of drug-likeness (QED) is 0.407. The number of nitrogens with one attached hydrogen (secondary N) is 2. The summed E-state index contributed by atoms with van der Waals surface area (Å²) in [6, 6.07) is 0.265. The highest BCUT2D eigenvalue weighted by Gasteiger charge is 2.40. The minimum atomic E-state index is -0.0658. The Balaban J connectivity index is 2.17. The Hall–Kier alpha value is -0.900. The molecule has 1 fully saturated rings. The standard InChI is InChI=1S/C7H12N2O2/c1-2-5-6(9-5)7(11)8-3-4-10/h4-6,9H,2-3H2,1H3,(H,8,11)/t5?,6-/m0/s1. The van der Waals surface area contributed by atoms with Gasteiger partial charge in [0.15, 0.2) is 0 Å². The van der Waals surface area contributed by atoms with E-state index in [4.69, 9.17) is 0 Å². The first-order chi connectivity index (χ1) is 5.29. The van der Waals surface area contributed by atoms with E-state index in [1.54, 1.807) is 0 Å².